The highest BCUT2D eigenvalue weighted by Crippen LogP contribution is 2.32. The van der Waals surface area contributed by atoms with Gasteiger partial charge in [0.05, 0.1) is 20.0 Å². The zero-order valence-corrected chi connectivity index (χ0v) is 22.5. The van der Waals surface area contributed by atoms with Crippen LogP contribution in [-0.4, -0.2) is 49.9 Å². The fourth-order valence-electron chi connectivity index (χ4n) is 2.93. The SMILES string of the molecule is COC(=O)OC[C@H](C)OC(=O)[C@@H](N)Cc1ccc(OC(=O)CC(C)(C)C)c(OC(=O)CC(C)(C)C)c1. The number of benzene rings is 1. The Morgan fingerprint density at radius 2 is 1.42 bits per heavy atom. The van der Waals surface area contributed by atoms with Crippen molar-refractivity contribution in [1.82, 2.24) is 0 Å². The molecule has 1 rings (SSSR count). The zero-order valence-electron chi connectivity index (χ0n) is 22.5. The van der Waals surface area contributed by atoms with Crippen LogP contribution in [0.2, 0.25) is 0 Å². The predicted molar refractivity (Wildman–Crippen MR) is 131 cm³/mol. The lowest BCUT2D eigenvalue weighted by molar-refractivity contribution is -0.152. The van der Waals surface area contributed by atoms with E-state index in [1.165, 1.54) is 19.2 Å². The molecule has 1 aromatic carbocycles. The van der Waals surface area contributed by atoms with Crippen LogP contribution >= 0.6 is 0 Å². The number of methoxy groups -OCH3 is 1. The normalized spacial score (nSPS) is 13.2. The number of hydrogen-bond donors (Lipinski definition) is 1. The van der Waals surface area contributed by atoms with E-state index in [0.29, 0.717) is 5.56 Å². The van der Waals surface area contributed by atoms with Gasteiger partial charge in [0, 0.05) is 0 Å². The first-order chi connectivity index (χ1) is 16.5. The Morgan fingerprint density at radius 1 is 0.889 bits per heavy atom. The first kappa shape index (κ1) is 30.9. The van der Waals surface area contributed by atoms with E-state index < -0.39 is 36.2 Å². The molecule has 0 spiro atoms. The summed E-state index contributed by atoms with van der Waals surface area (Å²) in [5.74, 6) is -1.50. The van der Waals surface area contributed by atoms with E-state index in [1.807, 2.05) is 41.5 Å². The van der Waals surface area contributed by atoms with E-state index in [-0.39, 0.29) is 48.2 Å². The Labute approximate surface area is 212 Å². The standard InChI is InChI=1S/C26H39NO9/c1-16(15-33-24(31)32-8)34-23(30)18(27)11-17-9-10-19(35-21(28)13-25(2,3)4)20(12-17)36-22(29)14-26(5,6)7/h9-10,12,16,18H,11,13-15,27H2,1-8H3/t16-,18-/m0/s1. The van der Waals surface area contributed by atoms with Crippen LogP contribution in [-0.2, 0) is 35.0 Å². The van der Waals surface area contributed by atoms with Crippen LogP contribution in [0.1, 0.15) is 66.9 Å². The lowest BCUT2D eigenvalue weighted by Crippen LogP contribution is -2.37. The molecule has 0 bridgehead atoms. The van der Waals surface area contributed by atoms with Crippen molar-refractivity contribution in [3.05, 3.63) is 23.8 Å². The summed E-state index contributed by atoms with van der Waals surface area (Å²) < 4.78 is 25.3. The molecule has 0 heterocycles. The highest BCUT2D eigenvalue weighted by atomic mass is 16.7. The Kier molecular flexibility index (Phi) is 11.4. The highest BCUT2D eigenvalue weighted by molar-refractivity contribution is 5.78. The molecular formula is C26H39NO9. The van der Waals surface area contributed by atoms with Crippen molar-refractivity contribution in [2.45, 2.75) is 79.9 Å². The van der Waals surface area contributed by atoms with E-state index in [4.69, 9.17) is 24.7 Å². The van der Waals surface area contributed by atoms with Crippen molar-refractivity contribution >= 4 is 24.1 Å². The maximum atomic E-state index is 12.5. The Bertz CT molecular complexity index is 928. The largest absolute Gasteiger partial charge is 0.508 e. The number of rotatable bonds is 10. The maximum Gasteiger partial charge on any atom is 0.508 e. The average molecular weight is 510 g/mol. The van der Waals surface area contributed by atoms with Gasteiger partial charge in [-0.05, 0) is 41.9 Å². The second-order valence-corrected chi connectivity index (χ2v) is 11.0. The summed E-state index contributed by atoms with van der Waals surface area (Å²) in [7, 11) is 1.17. The fraction of sp³-hybridized carbons (Fsp3) is 0.615. The zero-order chi connectivity index (χ0) is 27.7. The number of ether oxygens (including phenoxy) is 5. The van der Waals surface area contributed by atoms with Crippen molar-refractivity contribution in [3.8, 4) is 11.5 Å². The third-order valence-corrected chi connectivity index (χ3v) is 4.48. The summed E-state index contributed by atoms with van der Waals surface area (Å²) in [5.41, 5.74) is 5.97. The van der Waals surface area contributed by atoms with Gasteiger partial charge in [0.25, 0.3) is 0 Å². The van der Waals surface area contributed by atoms with Gasteiger partial charge < -0.3 is 29.4 Å². The molecule has 10 nitrogen and oxygen atoms in total. The van der Waals surface area contributed by atoms with Crippen molar-refractivity contribution < 1.29 is 42.9 Å². The summed E-state index contributed by atoms with van der Waals surface area (Å²) in [6, 6.07) is 3.59. The van der Waals surface area contributed by atoms with E-state index in [0.717, 1.165) is 0 Å². The van der Waals surface area contributed by atoms with Gasteiger partial charge in [-0.15, -0.1) is 0 Å². The number of nitrogens with two attached hydrogens (primary N) is 1. The second-order valence-electron chi connectivity index (χ2n) is 11.0. The highest BCUT2D eigenvalue weighted by Gasteiger charge is 2.24. The molecular weight excluding hydrogens is 470 g/mol. The van der Waals surface area contributed by atoms with Gasteiger partial charge in [-0.1, -0.05) is 47.6 Å². The van der Waals surface area contributed by atoms with Crippen LogP contribution in [0.25, 0.3) is 0 Å². The van der Waals surface area contributed by atoms with Crippen LogP contribution in [0.5, 0.6) is 11.5 Å². The second kappa shape index (κ2) is 13.2. The topological polar surface area (TPSA) is 140 Å². The molecule has 0 aromatic heterocycles. The van der Waals surface area contributed by atoms with Gasteiger partial charge in [-0.2, -0.15) is 0 Å². The summed E-state index contributed by atoms with van der Waals surface area (Å²) >= 11 is 0. The molecule has 0 saturated heterocycles. The summed E-state index contributed by atoms with van der Waals surface area (Å²) in [4.78, 5) is 48.3. The fourth-order valence-corrected chi connectivity index (χ4v) is 2.93. The minimum absolute atomic E-state index is 0.0590. The maximum absolute atomic E-state index is 12.5. The molecule has 0 radical (unpaired) electrons. The molecule has 0 aliphatic carbocycles. The van der Waals surface area contributed by atoms with Gasteiger partial charge in [-0.25, -0.2) is 4.79 Å². The van der Waals surface area contributed by atoms with Crippen molar-refractivity contribution in [1.29, 1.82) is 0 Å². The third kappa shape index (κ3) is 12.5. The minimum atomic E-state index is -1.04. The van der Waals surface area contributed by atoms with Crippen LogP contribution < -0.4 is 15.2 Å². The monoisotopic (exact) mass is 509 g/mol. The van der Waals surface area contributed by atoms with Crippen molar-refractivity contribution in [3.63, 3.8) is 0 Å². The molecule has 0 amide bonds. The van der Waals surface area contributed by atoms with Crippen LogP contribution in [0.15, 0.2) is 18.2 Å². The number of hydrogen-bond acceptors (Lipinski definition) is 10. The van der Waals surface area contributed by atoms with Gasteiger partial charge in [0.15, 0.2) is 11.5 Å². The first-order valence-electron chi connectivity index (χ1n) is 11.7. The third-order valence-electron chi connectivity index (χ3n) is 4.48. The first-order valence-corrected chi connectivity index (χ1v) is 11.7. The number of esters is 3. The van der Waals surface area contributed by atoms with Crippen LogP contribution in [0.4, 0.5) is 4.79 Å². The predicted octanol–water partition coefficient (Wildman–Crippen LogP) is 3.95. The lowest BCUT2D eigenvalue weighted by atomic mass is 9.92. The molecule has 2 atom stereocenters. The molecule has 202 valence electrons. The van der Waals surface area contributed by atoms with E-state index in [1.54, 1.807) is 13.0 Å². The van der Waals surface area contributed by atoms with E-state index >= 15 is 0 Å². The van der Waals surface area contributed by atoms with Gasteiger partial charge in [-0.3, -0.25) is 14.4 Å². The minimum Gasteiger partial charge on any atom is -0.458 e. The Balaban J connectivity index is 2.99. The van der Waals surface area contributed by atoms with E-state index in [2.05, 4.69) is 4.74 Å². The Hall–Kier alpha value is -3.14. The summed E-state index contributed by atoms with van der Waals surface area (Å²) in [6.07, 6.45) is -1.26. The lowest BCUT2D eigenvalue weighted by Gasteiger charge is -2.20. The molecule has 0 aliphatic rings. The summed E-state index contributed by atoms with van der Waals surface area (Å²) in [6.45, 7) is 12.8. The van der Waals surface area contributed by atoms with Crippen molar-refractivity contribution in [2.75, 3.05) is 13.7 Å². The molecule has 36 heavy (non-hydrogen) atoms. The molecule has 10 heteroatoms. The molecule has 0 saturated carbocycles. The molecule has 1 aromatic rings. The summed E-state index contributed by atoms with van der Waals surface area (Å²) in [5, 5.41) is 0. The van der Waals surface area contributed by atoms with Gasteiger partial charge in [0.1, 0.15) is 18.8 Å². The van der Waals surface area contributed by atoms with Gasteiger partial charge in [0.2, 0.25) is 0 Å². The molecule has 0 fully saturated rings. The molecule has 2 N–H and O–H groups in total. The smallest absolute Gasteiger partial charge is 0.458 e. The van der Waals surface area contributed by atoms with E-state index in [9.17, 15) is 19.2 Å². The number of carbonyl (C=O) groups excluding carboxylic acids is 4. The Morgan fingerprint density at radius 3 is 1.92 bits per heavy atom. The van der Waals surface area contributed by atoms with Crippen LogP contribution in [0.3, 0.4) is 0 Å². The molecule has 0 unspecified atom stereocenters. The van der Waals surface area contributed by atoms with Crippen molar-refractivity contribution in [2.24, 2.45) is 16.6 Å². The number of carbonyl (C=O) groups is 4. The molecule has 0 aliphatic heterocycles. The van der Waals surface area contributed by atoms with Gasteiger partial charge >= 0.3 is 24.1 Å². The quantitative estimate of drug-likeness (QED) is 0.364. The van der Waals surface area contributed by atoms with Crippen LogP contribution in [0, 0.1) is 10.8 Å². The average Bonchev–Trinajstić information content (AvgIpc) is 2.70.